The molecule has 0 spiro atoms. The summed E-state index contributed by atoms with van der Waals surface area (Å²) in [5.41, 5.74) is 2.87. The van der Waals surface area contributed by atoms with Crippen LogP contribution in [0.3, 0.4) is 0 Å². The van der Waals surface area contributed by atoms with Crippen molar-refractivity contribution in [1.82, 2.24) is 5.32 Å². The summed E-state index contributed by atoms with van der Waals surface area (Å²) in [7, 11) is 1.76. The molecule has 0 atom stereocenters. The molecule has 0 aliphatic carbocycles. The minimum Gasteiger partial charge on any atom is -0.351 e. The molecule has 4 nitrogen and oxygen atoms in total. The number of hydrogen-bond donors (Lipinski definition) is 1. The fourth-order valence-corrected chi connectivity index (χ4v) is 4.89. The van der Waals surface area contributed by atoms with Crippen LogP contribution in [-0.4, -0.2) is 31.1 Å². The molecule has 0 bridgehead atoms. The van der Waals surface area contributed by atoms with Gasteiger partial charge in [-0.25, -0.2) is 0 Å². The molecule has 7 heteroatoms. The number of carbonyl (C=O) groups is 1. The lowest BCUT2D eigenvalue weighted by Crippen LogP contribution is -2.24. The van der Waals surface area contributed by atoms with Crippen LogP contribution in [0, 0.1) is 0 Å². The van der Waals surface area contributed by atoms with E-state index in [-0.39, 0.29) is 11.7 Å². The van der Waals surface area contributed by atoms with Crippen molar-refractivity contribution in [2.24, 2.45) is 9.98 Å². The molecule has 1 amide bonds. The molecule has 1 aliphatic heterocycles. The van der Waals surface area contributed by atoms with Crippen molar-refractivity contribution in [2.45, 2.75) is 11.4 Å². The number of hydrogen-bond acceptors (Lipinski definition) is 5. The van der Waals surface area contributed by atoms with E-state index in [1.807, 2.05) is 42.5 Å². The van der Waals surface area contributed by atoms with Crippen LogP contribution < -0.4 is 5.32 Å². The van der Waals surface area contributed by atoms with Gasteiger partial charge in [-0.2, -0.15) is 0 Å². The first-order valence-corrected chi connectivity index (χ1v) is 10.4. The van der Waals surface area contributed by atoms with Crippen LogP contribution in [0.5, 0.6) is 0 Å². The third-order valence-electron chi connectivity index (χ3n) is 3.90. The van der Waals surface area contributed by atoms with Gasteiger partial charge in [0, 0.05) is 29.1 Å². The number of nitrogens with one attached hydrogen (secondary N) is 1. The van der Waals surface area contributed by atoms with Crippen molar-refractivity contribution in [3.05, 3.63) is 74.6 Å². The zero-order valence-electron chi connectivity index (χ0n) is 14.7. The second-order valence-corrected chi connectivity index (χ2v) is 8.04. The molecule has 0 saturated heterocycles. The van der Waals surface area contributed by atoms with Gasteiger partial charge in [0.05, 0.1) is 16.4 Å². The molecular formula is C20H18ClN3OS2. The zero-order valence-corrected chi connectivity index (χ0v) is 17.1. The van der Waals surface area contributed by atoms with Gasteiger partial charge in [-0.15, -0.1) is 0 Å². The van der Waals surface area contributed by atoms with Crippen LogP contribution in [0.4, 0.5) is 0 Å². The molecule has 2 aromatic carbocycles. The van der Waals surface area contributed by atoms with Crippen LogP contribution in [-0.2, 0) is 11.3 Å². The standard InChI is InChI=1S/C20H18ClN3OS2/c1-22-18-14-8-4-6-10-16(14)27-19(18)20(23-2)26-12-17(25)24-11-13-7-3-5-9-15(13)21/h3-10H,2,11-12H2,1H3,(H,24,25)/b20-19-,22-18?. The van der Waals surface area contributed by atoms with Gasteiger partial charge in [-0.3, -0.25) is 14.8 Å². The smallest absolute Gasteiger partial charge is 0.230 e. The highest BCUT2D eigenvalue weighted by molar-refractivity contribution is 8.08. The lowest BCUT2D eigenvalue weighted by atomic mass is 10.1. The van der Waals surface area contributed by atoms with Crippen molar-refractivity contribution in [1.29, 1.82) is 0 Å². The summed E-state index contributed by atoms with van der Waals surface area (Å²) >= 11 is 9.09. The number of rotatable bonds is 6. The van der Waals surface area contributed by atoms with Gasteiger partial charge in [-0.05, 0) is 24.4 Å². The maximum atomic E-state index is 12.2. The second-order valence-electron chi connectivity index (χ2n) is 5.62. The molecule has 2 aromatic rings. The largest absolute Gasteiger partial charge is 0.351 e. The molecule has 138 valence electrons. The summed E-state index contributed by atoms with van der Waals surface area (Å²) in [5.74, 6) is 0.160. The Morgan fingerprint density at radius 3 is 2.70 bits per heavy atom. The van der Waals surface area contributed by atoms with Gasteiger partial charge in [0.25, 0.3) is 0 Å². The molecule has 0 unspecified atom stereocenters. The fourth-order valence-electron chi connectivity index (χ4n) is 2.60. The van der Waals surface area contributed by atoms with E-state index < -0.39 is 0 Å². The first kappa shape index (κ1) is 19.7. The maximum Gasteiger partial charge on any atom is 0.230 e. The number of nitrogens with zero attached hydrogens (tertiary/aromatic N) is 2. The SMILES string of the molecule is C=N/C(SCC(=O)NCc1ccccc1Cl)=C1/Sc2ccccc2C1=NC. The Hall–Kier alpha value is -2.02. The van der Waals surface area contributed by atoms with Crippen molar-refractivity contribution >= 4 is 53.5 Å². The van der Waals surface area contributed by atoms with E-state index >= 15 is 0 Å². The summed E-state index contributed by atoms with van der Waals surface area (Å²) in [4.78, 5) is 22.9. The Morgan fingerprint density at radius 1 is 1.22 bits per heavy atom. The van der Waals surface area contributed by atoms with Gasteiger partial charge >= 0.3 is 0 Å². The highest BCUT2D eigenvalue weighted by Gasteiger charge is 2.26. The summed E-state index contributed by atoms with van der Waals surface area (Å²) in [6.45, 7) is 4.07. The number of benzene rings is 2. The number of thioether (sulfide) groups is 2. The average Bonchev–Trinajstić information content (AvgIpc) is 3.06. The molecule has 0 aromatic heterocycles. The number of allylic oxidation sites excluding steroid dienone is 1. The molecule has 0 fully saturated rings. The summed E-state index contributed by atoms with van der Waals surface area (Å²) < 4.78 is 0. The third kappa shape index (κ3) is 4.64. The number of amides is 1. The molecule has 27 heavy (non-hydrogen) atoms. The molecule has 1 heterocycles. The summed E-state index contributed by atoms with van der Waals surface area (Å²) in [5, 5.41) is 4.24. The number of fused-ring (bicyclic) bond motifs is 1. The lowest BCUT2D eigenvalue weighted by Gasteiger charge is -2.08. The monoisotopic (exact) mass is 415 g/mol. The fraction of sp³-hybridized carbons (Fsp3) is 0.150. The zero-order chi connectivity index (χ0) is 19.2. The first-order chi connectivity index (χ1) is 13.1. The average molecular weight is 416 g/mol. The van der Waals surface area contributed by atoms with E-state index in [0.717, 1.165) is 26.6 Å². The minimum absolute atomic E-state index is 0.0860. The van der Waals surface area contributed by atoms with Gasteiger partial charge < -0.3 is 5.32 Å². The predicted octanol–water partition coefficient (Wildman–Crippen LogP) is 4.78. The predicted molar refractivity (Wildman–Crippen MR) is 117 cm³/mol. The Bertz CT molecular complexity index is 940. The van der Waals surface area contributed by atoms with Crippen LogP contribution in [0.2, 0.25) is 5.02 Å². The molecule has 0 radical (unpaired) electrons. The van der Waals surface area contributed by atoms with Crippen molar-refractivity contribution < 1.29 is 4.79 Å². The van der Waals surface area contributed by atoms with E-state index in [2.05, 4.69) is 28.1 Å². The Labute approximate surface area is 172 Å². The Kier molecular flexibility index (Phi) is 6.77. The number of aliphatic imine (C=N–C) groups is 2. The van der Waals surface area contributed by atoms with Crippen LogP contribution in [0.15, 0.2) is 73.3 Å². The van der Waals surface area contributed by atoms with Crippen molar-refractivity contribution in [3.8, 4) is 0 Å². The maximum absolute atomic E-state index is 12.2. The molecular weight excluding hydrogens is 398 g/mol. The van der Waals surface area contributed by atoms with Gasteiger partial charge in [0.15, 0.2) is 0 Å². The summed E-state index contributed by atoms with van der Waals surface area (Å²) in [6.07, 6.45) is 0. The van der Waals surface area contributed by atoms with Crippen LogP contribution >= 0.6 is 35.1 Å². The Morgan fingerprint density at radius 2 is 1.96 bits per heavy atom. The second kappa shape index (κ2) is 9.26. The van der Waals surface area contributed by atoms with Gasteiger partial charge in [0.2, 0.25) is 5.91 Å². The van der Waals surface area contributed by atoms with Gasteiger partial charge in [-0.1, -0.05) is 71.5 Å². The van der Waals surface area contributed by atoms with Crippen molar-refractivity contribution in [3.63, 3.8) is 0 Å². The third-order valence-corrected chi connectivity index (χ3v) is 6.58. The first-order valence-electron chi connectivity index (χ1n) is 8.22. The van der Waals surface area contributed by atoms with Gasteiger partial charge in [0.1, 0.15) is 5.03 Å². The van der Waals surface area contributed by atoms with E-state index in [1.54, 1.807) is 18.8 Å². The topological polar surface area (TPSA) is 53.8 Å². The number of carbonyl (C=O) groups excluding carboxylic acids is 1. The van der Waals surface area contributed by atoms with Crippen LogP contribution in [0.25, 0.3) is 0 Å². The minimum atomic E-state index is -0.0860. The Balaban J connectivity index is 1.66. The number of halogens is 1. The molecule has 3 rings (SSSR count). The quantitative estimate of drug-likeness (QED) is 0.690. The van der Waals surface area contributed by atoms with Crippen LogP contribution in [0.1, 0.15) is 11.1 Å². The van der Waals surface area contributed by atoms with E-state index in [9.17, 15) is 4.79 Å². The lowest BCUT2D eigenvalue weighted by molar-refractivity contribution is -0.118. The normalized spacial score (nSPS) is 16.1. The highest BCUT2D eigenvalue weighted by Crippen LogP contribution is 2.44. The highest BCUT2D eigenvalue weighted by atomic mass is 35.5. The summed E-state index contributed by atoms with van der Waals surface area (Å²) in [6, 6.07) is 15.5. The van der Waals surface area contributed by atoms with E-state index in [4.69, 9.17) is 11.6 Å². The van der Waals surface area contributed by atoms with E-state index in [1.165, 1.54) is 11.8 Å². The van der Waals surface area contributed by atoms with Crippen molar-refractivity contribution in [2.75, 3.05) is 12.8 Å². The molecule has 1 aliphatic rings. The van der Waals surface area contributed by atoms with E-state index in [0.29, 0.717) is 16.6 Å². The molecule has 0 saturated carbocycles. The molecule has 1 N–H and O–H groups in total.